The molecule has 0 spiro atoms. The number of nitrogens with two attached hydrogens (primary N) is 1. The summed E-state index contributed by atoms with van der Waals surface area (Å²) >= 11 is 0. The number of rotatable bonds is 17. The van der Waals surface area contributed by atoms with Crippen LogP contribution in [0.5, 0.6) is 0 Å². The number of carbonyl (C=O) groups excluding carboxylic acids is 7. The SMILES string of the molecule is COC(=O)[C@H](COC[C@H](C(=O)OC)N1C(=O)c2ccccc2C1=O)CC(=O)CC[C@@H](NC(=O)[C@H](C)N)C(=O)OCc1ccccc1. The Balaban J connectivity index is 1.61. The number of hydrogen-bond acceptors (Lipinski definition) is 12. The quantitative estimate of drug-likeness (QED) is 0.141. The number of methoxy groups -OCH3 is 2. The fourth-order valence-corrected chi connectivity index (χ4v) is 4.64. The van der Waals surface area contributed by atoms with E-state index in [4.69, 9.17) is 24.7 Å². The molecule has 46 heavy (non-hydrogen) atoms. The van der Waals surface area contributed by atoms with Crippen molar-refractivity contribution in [3.63, 3.8) is 0 Å². The van der Waals surface area contributed by atoms with E-state index in [-0.39, 0.29) is 37.0 Å². The Labute approximate surface area is 265 Å². The number of amides is 3. The average Bonchev–Trinajstić information content (AvgIpc) is 3.31. The van der Waals surface area contributed by atoms with Gasteiger partial charge in [-0.25, -0.2) is 9.59 Å². The summed E-state index contributed by atoms with van der Waals surface area (Å²) in [6.07, 6.45) is -0.725. The fourth-order valence-electron chi connectivity index (χ4n) is 4.64. The maximum atomic E-state index is 12.9. The van der Waals surface area contributed by atoms with Crippen molar-refractivity contribution in [2.75, 3.05) is 27.4 Å². The standard InChI is InChI=1S/C32H37N3O11/c1-19(33)27(37)34-25(31(41)46-16-20-9-5-4-6-10-20)14-13-22(36)15-21(30(40)43-2)17-45-18-26(32(42)44-3)35-28(38)23-11-7-8-12-24(23)29(35)39/h4-12,19,21,25-26H,13-18,33H2,1-3H3,(H,34,37)/t19-,21-,25+,26+/m0/s1. The van der Waals surface area contributed by atoms with Crippen LogP contribution in [0.3, 0.4) is 0 Å². The highest BCUT2D eigenvalue weighted by atomic mass is 16.5. The summed E-state index contributed by atoms with van der Waals surface area (Å²) in [6.45, 7) is 0.470. The molecule has 1 aliphatic rings. The molecule has 0 unspecified atom stereocenters. The van der Waals surface area contributed by atoms with Gasteiger partial charge in [0.25, 0.3) is 11.8 Å². The van der Waals surface area contributed by atoms with Crippen LogP contribution in [-0.4, -0.2) is 91.9 Å². The van der Waals surface area contributed by atoms with Crippen LogP contribution in [0, 0.1) is 5.92 Å². The van der Waals surface area contributed by atoms with E-state index in [2.05, 4.69) is 5.32 Å². The number of ether oxygens (including phenoxy) is 4. The minimum absolute atomic E-state index is 0.0484. The van der Waals surface area contributed by atoms with Crippen LogP contribution < -0.4 is 11.1 Å². The third-order valence-electron chi connectivity index (χ3n) is 7.16. The van der Waals surface area contributed by atoms with Gasteiger partial charge in [-0.05, 0) is 31.0 Å². The molecule has 14 nitrogen and oxygen atoms in total. The second-order valence-corrected chi connectivity index (χ2v) is 10.5. The van der Waals surface area contributed by atoms with Crippen molar-refractivity contribution in [3.8, 4) is 0 Å². The summed E-state index contributed by atoms with van der Waals surface area (Å²) in [4.78, 5) is 89.6. The predicted molar refractivity (Wildman–Crippen MR) is 160 cm³/mol. The highest BCUT2D eigenvalue weighted by Gasteiger charge is 2.43. The Kier molecular flexibility index (Phi) is 13.1. The van der Waals surface area contributed by atoms with E-state index in [1.54, 1.807) is 42.5 Å². The number of carbonyl (C=O) groups is 7. The minimum atomic E-state index is -1.46. The Morgan fingerprint density at radius 2 is 1.41 bits per heavy atom. The van der Waals surface area contributed by atoms with Crippen LogP contribution in [0.15, 0.2) is 54.6 Å². The number of fused-ring (bicyclic) bond motifs is 1. The van der Waals surface area contributed by atoms with Gasteiger partial charge in [0.05, 0.1) is 50.5 Å². The van der Waals surface area contributed by atoms with Crippen molar-refractivity contribution in [2.45, 2.75) is 50.9 Å². The summed E-state index contributed by atoms with van der Waals surface area (Å²) in [6, 6.07) is 11.4. The topological polar surface area (TPSA) is 198 Å². The molecule has 0 saturated heterocycles. The molecule has 14 heteroatoms. The van der Waals surface area contributed by atoms with Crippen LogP contribution in [0.2, 0.25) is 0 Å². The number of imide groups is 1. The molecule has 0 saturated carbocycles. The molecule has 2 aromatic carbocycles. The van der Waals surface area contributed by atoms with E-state index in [1.807, 2.05) is 0 Å². The zero-order valence-corrected chi connectivity index (χ0v) is 25.8. The number of Topliss-reactive ketones (excluding diaryl/α,β-unsaturated/α-hetero) is 1. The minimum Gasteiger partial charge on any atom is -0.469 e. The molecular formula is C32H37N3O11. The number of ketones is 1. The van der Waals surface area contributed by atoms with E-state index in [0.717, 1.165) is 24.7 Å². The number of hydrogen-bond donors (Lipinski definition) is 2. The van der Waals surface area contributed by atoms with Crippen molar-refractivity contribution in [2.24, 2.45) is 11.7 Å². The van der Waals surface area contributed by atoms with Gasteiger partial charge in [0, 0.05) is 12.8 Å². The van der Waals surface area contributed by atoms with Crippen LogP contribution in [-0.2, 0) is 49.5 Å². The van der Waals surface area contributed by atoms with Gasteiger partial charge in [-0.2, -0.15) is 0 Å². The molecule has 246 valence electrons. The van der Waals surface area contributed by atoms with Gasteiger partial charge in [0.2, 0.25) is 5.91 Å². The summed E-state index contributed by atoms with van der Waals surface area (Å²) < 4.78 is 20.5. The van der Waals surface area contributed by atoms with Gasteiger partial charge in [-0.3, -0.25) is 28.9 Å². The fraction of sp³-hybridized carbons (Fsp3) is 0.406. The van der Waals surface area contributed by atoms with Gasteiger partial charge in [-0.1, -0.05) is 42.5 Å². The summed E-state index contributed by atoms with van der Waals surface area (Å²) in [5, 5.41) is 2.49. The zero-order chi connectivity index (χ0) is 33.8. The lowest BCUT2D eigenvalue weighted by atomic mass is 9.99. The maximum absolute atomic E-state index is 12.9. The zero-order valence-electron chi connectivity index (χ0n) is 25.8. The largest absolute Gasteiger partial charge is 0.469 e. The van der Waals surface area contributed by atoms with E-state index in [0.29, 0.717) is 0 Å². The van der Waals surface area contributed by atoms with Gasteiger partial charge in [0.1, 0.15) is 18.4 Å². The Hall–Kier alpha value is -4.95. The van der Waals surface area contributed by atoms with Crippen LogP contribution in [0.1, 0.15) is 52.5 Å². The third kappa shape index (κ3) is 9.28. The van der Waals surface area contributed by atoms with Crippen molar-refractivity contribution in [1.82, 2.24) is 10.2 Å². The van der Waals surface area contributed by atoms with Gasteiger partial charge in [-0.15, -0.1) is 0 Å². The van der Waals surface area contributed by atoms with Gasteiger partial charge >= 0.3 is 17.9 Å². The van der Waals surface area contributed by atoms with Crippen molar-refractivity contribution < 1.29 is 52.5 Å². The molecule has 1 heterocycles. The van der Waals surface area contributed by atoms with Gasteiger partial charge in [0.15, 0.2) is 6.04 Å². The summed E-state index contributed by atoms with van der Waals surface area (Å²) in [7, 11) is 2.21. The number of esters is 3. The lowest BCUT2D eigenvalue weighted by molar-refractivity contribution is -0.152. The first-order chi connectivity index (χ1) is 22.0. The van der Waals surface area contributed by atoms with Gasteiger partial charge < -0.3 is 30.0 Å². The van der Waals surface area contributed by atoms with Crippen molar-refractivity contribution in [1.29, 1.82) is 0 Å². The number of benzene rings is 2. The van der Waals surface area contributed by atoms with Crippen LogP contribution in [0.25, 0.3) is 0 Å². The molecule has 3 N–H and O–H groups in total. The summed E-state index contributed by atoms with van der Waals surface area (Å²) in [5.74, 6) is -6.07. The third-order valence-corrected chi connectivity index (χ3v) is 7.16. The van der Waals surface area contributed by atoms with Crippen molar-refractivity contribution in [3.05, 3.63) is 71.3 Å². The first kappa shape index (κ1) is 35.5. The second-order valence-electron chi connectivity index (χ2n) is 10.5. The van der Waals surface area contributed by atoms with E-state index in [9.17, 15) is 33.6 Å². The average molecular weight is 640 g/mol. The van der Waals surface area contributed by atoms with E-state index >= 15 is 0 Å². The molecule has 2 aromatic rings. The van der Waals surface area contributed by atoms with Crippen LogP contribution in [0.4, 0.5) is 0 Å². The molecule has 1 aliphatic heterocycles. The second kappa shape index (κ2) is 16.9. The molecule has 0 aliphatic carbocycles. The Bertz CT molecular complexity index is 1410. The maximum Gasteiger partial charge on any atom is 0.331 e. The van der Waals surface area contributed by atoms with E-state index in [1.165, 1.54) is 19.1 Å². The normalized spacial score (nSPS) is 14.8. The Morgan fingerprint density at radius 1 is 0.826 bits per heavy atom. The first-order valence-electron chi connectivity index (χ1n) is 14.5. The molecule has 4 atom stereocenters. The molecule has 3 amide bonds. The van der Waals surface area contributed by atoms with Crippen LogP contribution >= 0.6 is 0 Å². The highest BCUT2D eigenvalue weighted by molar-refractivity contribution is 6.22. The Morgan fingerprint density at radius 3 is 1.98 bits per heavy atom. The smallest absolute Gasteiger partial charge is 0.331 e. The number of nitrogens with one attached hydrogen (secondary N) is 1. The highest BCUT2D eigenvalue weighted by Crippen LogP contribution is 2.25. The molecule has 0 fully saturated rings. The predicted octanol–water partition coefficient (Wildman–Crippen LogP) is 0.945. The molecule has 0 radical (unpaired) electrons. The lowest BCUT2D eigenvalue weighted by Crippen LogP contribution is -2.48. The monoisotopic (exact) mass is 639 g/mol. The molecule has 0 aromatic heterocycles. The summed E-state index contributed by atoms with van der Waals surface area (Å²) in [5.41, 5.74) is 6.60. The lowest BCUT2D eigenvalue weighted by Gasteiger charge is -2.24. The molecule has 0 bridgehead atoms. The number of nitrogens with zero attached hydrogens (tertiary/aromatic N) is 1. The van der Waals surface area contributed by atoms with E-state index < -0.39 is 78.7 Å². The molecule has 3 rings (SSSR count). The van der Waals surface area contributed by atoms with Crippen molar-refractivity contribution >= 4 is 41.4 Å². The first-order valence-corrected chi connectivity index (χ1v) is 14.5. The molecular weight excluding hydrogens is 602 g/mol.